The lowest BCUT2D eigenvalue weighted by atomic mass is 10.3. The Bertz CT molecular complexity index is 235. The number of halogens is 2. The van der Waals surface area contributed by atoms with Crippen LogP contribution < -0.4 is 0 Å². The first-order valence-electron chi connectivity index (χ1n) is 2.90. The van der Waals surface area contributed by atoms with Crippen molar-refractivity contribution in [3.63, 3.8) is 0 Å². The second-order valence-corrected chi connectivity index (χ2v) is 3.77. The molecule has 0 atom stereocenters. The molecule has 0 fully saturated rings. The summed E-state index contributed by atoms with van der Waals surface area (Å²) in [5, 5.41) is 0. The molecule has 54 valence electrons. The van der Waals surface area contributed by atoms with Gasteiger partial charge in [0.2, 0.25) is 0 Å². The van der Waals surface area contributed by atoms with Crippen LogP contribution in [0.15, 0.2) is 15.1 Å². The summed E-state index contributed by atoms with van der Waals surface area (Å²) in [6.07, 6.45) is 0. The van der Waals surface area contributed by atoms with Gasteiger partial charge in [-0.2, -0.15) is 0 Å². The van der Waals surface area contributed by atoms with Crippen molar-refractivity contribution in [3.8, 4) is 0 Å². The first-order valence-corrected chi connectivity index (χ1v) is 4.49. The molecule has 0 aliphatic carbocycles. The van der Waals surface area contributed by atoms with E-state index in [-0.39, 0.29) is 0 Å². The van der Waals surface area contributed by atoms with Crippen LogP contribution in [-0.2, 0) is 0 Å². The molecule has 1 nitrogen and oxygen atoms in total. The van der Waals surface area contributed by atoms with E-state index in [0.29, 0.717) is 0 Å². The molecule has 0 unspecified atom stereocenters. The highest BCUT2D eigenvalue weighted by molar-refractivity contribution is 9.11. The molecule has 3 heteroatoms. The molecular formula is C7H7Br2N. The SMILES string of the molecule is Cc1cc(Br)nc(C)c1Br. The van der Waals surface area contributed by atoms with Crippen LogP contribution in [0.3, 0.4) is 0 Å². The average molecular weight is 265 g/mol. The van der Waals surface area contributed by atoms with Gasteiger partial charge in [0.1, 0.15) is 4.60 Å². The first-order chi connectivity index (χ1) is 4.61. The van der Waals surface area contributed by atoms with Crippen molar-refractivity contribution >= 4 is 31.9 Å². The zero-order valence-corrected chi connectivity index (χ0v) is 8.95. The lowest BCUT2D eigenvalue weighted by molar-refractivity contribution is 1.12. The van der Waals surface area contributed by atoms with Crippen molar-refractivity contribution in [1.82, 2.24) is 4.98 Å². The molecule has 0 bridgehead atoms. The van der Waals surface area contributed by atoms with Crippen LogP contribution in [0.1, 0.15) is 11.3 Å². The Hall–Kier alpha value is 0.110. The molecule has 1 aromatic heterocycles. The molecule has 0 saturated carbocycles. The molecule has 0 radical (unpaired) electrons. The fourth-order valence-corrected chi connectivity index (χ4v) is 1.58. The van der Waals surface area contributed by atoms with E-state index < -0.39 is 0 Å². The Kier molecular flexibility index (Phi) is 2.47. The van der Waals surface area contributed by atoms with Gasteiger partial charge in [0.15, 0.2) is 0 Å². The van der Waals surface area contributed by atoms with Gasteiger partial charge in [-0.1, -0.05) is 0 Å². The van der Waals surface area contributed by atoms with Crippen LogP contribution >= 0.6 is 31.9 Å². The molecule has 0 N–H and O–H groups in total. The van der Waals surface area contributed by atoms with Crippen molar-refractivity contribution < 1.29 is 0 Å². The summed E-state index contributed by atoms with van der Waals surface area (Å²) in [7, 11) is 0. The molecule has 0 aliphatic rings. The van der Waals surface area contributed by atoms with Crippen LogP contribution in [0.5, 0.6) is 0 Å². The number of hydrogen-bond donors (Lipinski definition) is 0. The number of aromatic nitrogens is 1. The maximum Gasteiger partial charge on any atom is 0.106 e. The summed E-state index contributed by atoms with van der Waals surface area (Å²) in [5.41, 5.74) is 2.23. The van der Waals surface area contributed by atoms with Crippen LogP contribution in [0, 0.1) is 13.8 Å². The second-order valence-electron chi connectivity index (χ2n) is 2.16. The minimum Gasteiger partial charge on any atom is -0.245 e. The summed E-state index contributed by atoms with van der Waals surface area (Å²) in [6, 6.07) is 1.98. The Morgan fingerprint density at radius 2 is 1.90 bits per heavy atom. The topological polar surface area (TPSA) is 12.9 Å². The van der Waals surface area contributed by atoms with Crippen LogP contribution in [0.2, 0.25) is 0 Å². The molecule has 1 aromatic rings. The van der Waals surface area contributed by atoms with E-state index >= 15 is 0 Å². The average Bonchev–Trinajstić information content (AvgIpc) is 1.82. The largest absolute Gasteiger partial charge is 0.245 e. The highest BCUT2D eigenvalue weighted by Crippen LogP contribution is 2.21. The molecule has 0 aromatic carbocycles. The summed E-state index contributed by atoms with van der Waals surface area (Å²) >= 11 is 6.75. The number of rotatable bonds is 0. The normalized spacial score (nSPS) is 10.0. The van der Waals surface area contributed by atoms with Gasteiger partial charge in [-0.05, 0) is 57.3 Å². The monoisotopic (exact) mass is 263 g/mol. The van der Waals surface area contributed by atoms with Gasteiger partial charge in [-0.3, -0.25) is 0 Å². The minimum atomic E-state index is 0.894. The Morgan fingerprint density at radius 3 is 2.40 bits per heavy atom. The van der Waals surface area contributed by atoms with Gasteiger partial charge in [-0.25, -0.2) is 4.98 Å². The highest BCUT2D eigenvalue weighted by atomic mass is 79.9. The number of hydrogen-bond acceptors (Lipinski definition) is 1. The molecule has 0 amide bonds. The third-order valence-corrected chi connectivity index (χ3v) is 2.88. The zero-order valence-electron chi connectivity index (χ0n) is 5.78. The molecule has 1 heterocycles. The summed E-state index contributed by atoms with van der Waals surface area (Å²) in [4.78, 5) is 4.20. The van der Waals surface area contributed by atoms with E-state index in [1.54, 1.807) is 0 Å². The van der Waals surface area contributed by atoms with Crippen molar-refractivity contribution in [2.24, 2.45) is 0 Å². The van der Waals surface area contributed by atoms with Gasteiger partial charge in [0, 0.05) is 4.47 Å². The quantitative estimate of drug-likeness (QED) is 0.656. The minimum absolute atomic E-state index is 0.894. The third kappa shape index (κ3) is 1.58. The number of aryl methyl sites for hydroxylation is 2. The van der Waals surface area contributed by atoms with E-state index in [1.807, 2.05) is 19.9 Å². The summed E-state index contributed by atoms with van der Waals surface area (Å²) < 4.78 is 1.99. The Balaban J connectivity index is 3.31. The summed E-state index contributed by atoms with van der Waals surface area (Å²) in [6.45, 7) is 4.02. The van der Waals surface area contributed by atoms with E-state index in [0.717, 1.165) is 14.8 Å². The molecular weight excluding hydrogens is 258 g/mol. The van der Waals surface area contributed by atoms with Crippen molar-refractivity contribution in [2.45, 2.75) is 13.8 Å². The van der Waals surface area contributed by atoms with Gasteiger partial charge in [0.25, 0.3) is 0 Å². The van der Waals surface area contributed by atoms with Crippen LogP contribution in [0.25, 0.3) is 0 Å². The Morgan fingerprint density at radius 1 is 1.30 bits per heavy atom. The predicted molar refractivity (Wildman–Crippen MR) is 49.1 cm³/mol. The van der Waals surface area contributed by atoms with Gasteiger partial charge in [0.05, 0.1) is 5.69 Å². The van der Waals surface area contributed by atoms with Gasteiger partial charge in [-0.15, -0.1) is 0 Å². The fraction of sp³-hybridized carbons (Fsp3) is 0.286. The van der Waals surface area contributed by atoms with Crippen molar-refractivity contribution in [3.05, 3.63) is 26.4 Å². The summed E-state index contributed by atoms with van der Waals surface area (Å²) in [5.74, 6) is 0. The standard InChI is InChI=1S/C7H7Br2N/c1-4-3-6(8)10-5(2)7(4)9/h3H,1-2H3. The van der Waals surface area contributed by atoms with E-state index in [1.165, 1.54) is 5.56 Å². The van der Waals surface area contributed by atoms with Crippen LogP contribution in [0.4, 0.5) is 0 Å². The number of pyridine rings is 1. The highest BCUT2D eigenvalue weighted by Gasteiger charge is 2.00. The molecule has 0 spiro atoms. The smallest absolute Gasteiger partial charge is 0.106 e. The lowest BCUT2D eigenvalue weighted by Crippen LogP contribution is -1.86. The first kappa shape index (κ1) is 8.21. The van der Waals surface area contributed by atoms with Crippen molar-refractivity contribution in [2.75, 3.05) is 0 Å². The van der Waals surface area contributed by atoms with Crippen molar-refractivity contribution in [1.29, 1.82) is 0 Å². The molecule has 1 rings (SSSR count). The lowest BCUT2D eigenvalue weighted by Gasteiger charge is -2.01. The molecule has 0 aliphatic heterocycles. The maximum absolute atomic E-state index is 4.20. The van der Waals surface area contributed by atoms with Gasteiger partial charge >= 0.3 is 0 Å². The van der Waals surface area contributed by atoms with E-state index in [4.69, 9.17) is 0 Å². The predicted octanol–water partition coefficient (Wildman–Crippen LogP) is 3.22. The van der Waals surface area contributed by atoms with Crippen LogP contribution in [-0.4, -0.2) is 4.98 Å². The fourth-order valence-electron chi connectivity index (χ4n) is 0.769. The van der Waals surface area contributed by atoms with E-state index in [2.05, 4.69) is 36.8 Å². The Labute approximate surface area is 77.1 Å². The zero-order chi connectivity index (χ0) is 7.72. The number of nitrogens with zero attached hydrogens (tertiary/aromatic N) is 1. The third-order valence-electron chi connectivity index (χ3n) is 1.27. The van der Waals surface area contributed by atoms with Gasteiger partial charge < -0.3 is 0 Å². The maximum atomic E-state index is 4.20. The molecule has 0 saturated heterocycles. The second kappa shape index (κ2) is 3.01. The molecule has 10 heavy (non-hydrogen) atoms. The van der Waals surface area contributed by atoms with E-state index in [9.17, 15) is 0 Å².